The molecule has 16 heavy (non-hydrogen) atoms. The summed E-state index contributed by atoms with van der Waals surface area (Å²) in [4.78, 5) is 21.2. The standard InChI is InChI=1S/C10H7ClN2O3/c1-12-8-3-2-7(13(15)16)4-6(8)5-9(12)10(11)14/h2-5H,1H3. The van der Waals surface area contributed by atoms with Gasteiger partial charge in [0.05, 0.1) is 4.92 Å². The molecule has 0 saturated heterocycles. The number of aromatic nitrogens is 1. The lowest BCUT2D eigenvalue weighted by atomic mass is 10.2. The highest BCUT2D eigenvalue weighted by atomic mass is 35.5. The summed E-state index contributed by atoms with van der Waals surface area (Å²) in [5.41, 5.74) is 1.04. The molecule has 0 unspecified atom stereocenters. The molecule has 2 aromatic rings. The second kappa shape index (κ2) is 3.61. The van der Waals surface area contributed by atoms with Crippen molar-refractivity contribution >= 4 is 33.4 Å². The first-order valence-corrected chi connectivity index (χ1v) is 4.82. The number of hydrogen-bond donors (Lipinski definition) is 0. The molecule has 6 heteroatoms. The minimum atomic E-state index is -0.582. The van der Waals surface area contributed by atoms with E-state index in [-0.39, 0.29) is 5.69 Å². The molecular formula is C10H7ClN2O3. The van der Waals surface area contributed by atoms with Crippen molar-refractivity contribution in [3.63, 3.8) is 0 Å². The molecule has 0 radical (unpaired) electrons. The van der Waals surface area contributed by atoms with Crippen molar-refractivity contribution in [1.29, 1.82) is 0 Å². The summed E-state index contributed by atoms with van der Waals surface area (Å²) in [5, 5.41) is 10.6. The Morgan fingerprint density at radius 2 is 2.12 bits per heavy atom. The summed E-state index contributed by atoms with van der Waals surface area (Å²) in [6.45, 7) is 0. The number of carbonyl (C=O) groups is 1. The SMILES string of the molecule is Cn1c(C(=O)Cl)cc2cc([N+](=O)[O-])ccc21. The van der Waals surface area contributed by atoms with Crippen LogP contribution < -0.4 is 0 Å². The summed E-state index contributed by atoms with van der Waals surface area (Å²) < 4.78 is 1.61. The smallest absolute Gasteiger partial charge is 0.270 e. The molecule has 5 nitrogen and oxygen atoms in total. The maximum Gasteiger partial charge on any atom is 0.270 e. The molecule has 0 N–H and O–H groups in total. The fraction of sp³-hybridized carbons (Fsp3) is 0.100. The van der Waals surface area contributed by atoms with Crippen LogP contribution in [0.25, 0.3) is 10.9 Å². The first-order valence-electron chi connectivity index (χ1n) is 4.44. The van der Waals surface area contributed by atoms with Crippen molar-refractivity contribution in [2.45, 2.75) is 0 Å². The van der Waals surface area contributed by atoms with Crippen LogP contribution in [0.1, 0.15) is 10.5 Å². The Balaban J connectivity index is 2.72. The Hall–Kier alpha value is -1.88. The average molecular weight is 239 g/mol. The van der Waals surface area contributed by atoms with Crippen LogP contribution in [0.15, 0.2) is 24.3 Å². The van der Waals surface area contributed by atoms with Crippen molar-refractivity contribution < 1.29 is 9.72 Å². The molecule has 0 amide bonds. The zero-order chi connectivity index (χ0) is 11.9. The van der Waals surface area contributed by atoms with E-state index in [0.29, 0.717) is 11.1 Å². The van der Waals surface area contributed by atoms with E-state index in [4.69, 9.17) is 11.6 Å². The van der Waals surface area contributed by atoms with Gasteiger partial charge in [0.1, 0.15) is 5.69 Å². The number of aryl methyl sites for hydroxylation is 1. The van der Waals surface area contributed by atoms with Gasteiger partial charge in [0.25, 0.3) is 10.9 Å². The molecule has 0 fully saturated rings. The van der Waals surface area contributed by atoms with Crippen molar-refractivity contribution in [1.82, 2.24) is 4.57 Å². The third kappa shape index (κ3) is 1.55. The monoisotopic (exact) mass is 238 g/mol. The second-order valence-electron chi connectivity index (χ2n) is 3.36. The van der Waals surface area contributed by atoms with E-state index in [1.165, 1.54) is 18.2 Å². The lowest BCUT2D eigenvalue weighted by Gasteiger charge is -1.98. The van der Waals surface area contributed by atoms with Gasteiger partial charge in [-0.3, -0.25) is 14.9 Å². The molecule has 0 bridgehead atoms. The number of carbonyl (C=O) groups excluding carboxylic acids is 1. The predicted molar refractivity (Wildman–Crippen MR) is 59.8 cm³/mol. The number of hydrogen-bond acceptors (Lipinski definition) is 3. The molecule has 0 saturated carbocycles. The van der Waals surface area contributed by atoms with Gasteiger partial charge >= 0.3 is 0 Å². The Labute approximate surface area is 95.4 Å². The van der Waals surface area contributed by atoms with Crippen molar-refractivity contribution in [2.24, 2.45) is 7.05 Å². The molecule has 0 atom stereocenters. The van der Waals surface area contributed by atoms with Crippen LogP contribution in [-0.4, -0.2) is 14.7 Å². The van der Waals surface area contributed by atoms with Crippen molar-refractivity contribution in [3.8, 4) is 0 Å². The molecule has 0 aliphatic carbocycles. The summed E-state index contributed by atoms with van der Waals surface area (Å²) in [7, 11) is 1.68. The van der Waals surface area contributed by atoms with E-state index >= 15 is 0 Å². The summed E-state index contributed by atoms with van der Waals surface area (Å²) in [6.07, 6.45) is 0. The van der Waals surface area contributed by atoms with E-state index in [9.17, 15) is 14.9 Å². The topological polar surface area (TPSA) is 65.1 Å². The zero-order valence-electron chi connectivity index (χ0n) is 8.31. The van der Waals surface area contributed by atoms with Crippen LogP contribution in [0, 0.1) is 10.1 Å². The van der Waals surface area contributed by atoms with Gasteiger partial charge in [0.2, 0.25) is 0 Å². The third-order valence-electron chi connectivity index (χ3n) is 2.44. The van der Waals surface area contributed by atoms with E-state index in [1.54, 1.807) is 17.7 Å². The maximum atomic E-state index is 11.1. The molecule has 1 heterocycles. The molecule has 1 aromatic heterocycles. The molecule has 0 aliphatic rings. The lowest BCUT2D eigenvalue weighted by molar-refractivity contribution is -0.384. The number of non-ortho nitro benzene ring substituents is 1. The van der Waals surface area contributed by atoms with Crippen molar-refractivity contribution in [2.75, 3.05) is 0 Å². The number of rotatable bonds is 2. The summed E-state index contributed by atoms with van der Waals surface area (Å²) >= 11 is 5.39. The van der Waals surface area contributed by atoms with Crippen LogP contribution in [-0.2, 0) is 7.05 Å². The largest absolute Gasteiger partial charge is 0.340 e. The van der Waals surface area contributed by atoms with Crippen LogP contribution >= 0.6 is 11.6 Å². The fourth-order valence-electron chi connectivity index (χ4n) is 1.64. The first-order chi connectivity index (χ1) is 7.50. The van der Waals surface area contributed by atoms with Gasteiger partial charge in [-0.05, 0) is 23.7 Å². The first kappa shape index (κ1) is 10.6. The van der Waals surface area contributed by atoms with E-state index in [1.807, 2.05) is 0 Å². The zero-order valence-corrected chi connectivity index (χ0v) is 9.06. The minimum absolute atomic E-state index is 0.00771. The second-order valence-corrected chi connectivity index (χ2v) is 3.71. The number of benzene rings is 1. The summed E-state index contributed by atoms with van der Waals surface area (Å²) in [6, 6.07) is 5.94. The van der Waals surface area contributed by atoms with Gasteiger partial charge < -0.3 is 4.57 Å². The predicted octanol–water partition coefficient (Wildman–Crippen LogP) is 2.47. The Kier molecular flexibility index (Phi) is 2.40. The highest BCUT2D eigenvalue weighted by Crippen LogP contribution is 2.24. The Morgan fingerprint density at radius 1 is 1.44 bits per heavy atom. The highest BCUT2D eigenvalue weighted by molar-refractivity contribution is 6.67. The third-order valence-corrected chi connectivity index (χ3v) is 2.63. The number of nitro benzene ring substituents is 1. The molecule has 82 valence electrons. The minimum Gasteiger partial charge on any atom is -0.340 e. The molecule has 0 spiro atoms. The van der Waals surface area contributed by atoms with Gasteiger partial charge in [0.15, 0.2) is 0 Å². The van der Waals surface area contributed by atoms with Gasteiger partial charge in [-0.25, -0.2) is 0 Å². The number of fused-ring (bicyclic) bond motifs is 1. The molecule has 2 rings (SSSR count). The average Bonchev–Trinajstić information content (AvgIpc) is 2.55. The maximum absolute atomic E-state index is 11.1. The normalized spacial score (nSPS) is 10.6. The van der Waals surface area contributed by atoms with Crippen LogP contribution in [0.5, 0.6) is 0 Å². The van der Waals surface area contributed by atoms with Gasteiger partial charge in [-0.1, -0.05) is 0 Å². The van der Waals surface area contributed by atoms with Gasteiger partial charge in [-0.15, -0.1) is 0 Å². The molecule has 1 aromatic carbocycles. The van der Waals surface area contributed by atoms with Crippen LogP contribution in [0.4, 0.5) is 5.69 Å². The van der Waals surface area contributed by atoms with Crippen LogP contribution in [0.2, 0.25) is 0 Å². The fourth-order valence-corrected chi connectivity index (χ4v) is 1.82. The summed E-state index contributed by atoms with van der Waals surface area (Å²) in [5.74, 6) is 0. The number of nitro groups is 1. The molecular weight excluding hydrogens is 232 g/mol. The Bertz CT molecular complexity index is 603. The molecule has 0 aliphatic heterocycles. The Morgan fingerprint density at radius 3 is 2.69 bits per heavy atom. The highest BCUT2D eigenvalue weighted by Gasteiger charge is 2.13. The van der Waals surface area contributed by atoms with E-state index < -0.39 is 10.2 Å². The lowest BCUT2D eigenvalue weighted by Crippen LogP contribution is -1.98. The van der Waals surface area contributed by atoms with E-state index in [2.05, 4.69) is 0 Å². The number of halogens is 1. The van der Waals surface area contributed by atoms with Crippen LogP contribution in [0.3, 0.4) is 0 Å². The van der Waals surface area contributed by atoms with E-state index in [0.717, 1.165) is 5.52 Å². The van der Waals surface area contributed by atoms with Gasteiger partial charge in [-0.2, -0.15) is 0 Å². The number of nitrogens with zero attached hydrogens (tertiary/aromatic N) is 2. The quantitative estimate of drug-likeness (QED) is 0.459. The van der Waals surface area contributed by atoms with Crippen molar-refractivity contribution in [3.05, 3.63) is 40.1 Å². The van der Waals surface area contributed by atoms with Gasteiger partial charge in [0, 0.05) is 30.1 Å².